The van der Waals surface area contributed by atoms with Gasteiger partial charge in [-0.2, -0.15) is 0 Å². The largest absolute Gasteiger partial charge is 0.380 e. The molecule has 212 valence electrons. The monoisotopic (exact) mass is 577 g/mol. The van der Waals surface area contributed by atoms with E-state index in [0.29, 0.717) is 35.0 Å². The molecule has 0 atom stereocenters. The zero-order valence-electron chi connectivity index (χ0n) is 23.1. The summed E-state index contributed by atoms with van der Waals surface area (Å²) in [6, 6.07) is 18.0. The summed E-state index contributed by atoms with van der Waals surface area (Å²) >= 11 is 1.38. The number of hydrogen-bond acceptors (Lipinski definition) is 8. The van der Waals surface area contributed by atoms with Gasteiger partial charge in [0.2, 0.25) is 0 Å². The molecule has 8 nitrogen and oxygen atoms in total. The number of nitrogens with one attached hydrogen (secondary N) is 3. The molecule has 0 saturated heterocycles. The average Bonchev–Trinajstić information content (AvgIpc) is 3.67. The van der Waals surface area contributed by atoms with Gasteiger partial charge in [-0.15, -0.1) is 11.3 Å². The Hall–Kier alpha value is -4.50. The van der Waals surface area contributed by atoms with Crippen LogP contribution in [0.3, 0.4) is 0 Å². The van der Waals surface area contributed by atoms with E-state index < -0.39 is 10.9 Å². The van der Waals surface area contributed by atoms with Crippen LogP contribution in [0.1, 0.15) is 52.9 Å². The number of para-hydroxylation sites is 1. The van der Waals surface area contributed by atoms with E-state index >= 15 is 0 Å². The van der Waals surface area contributed by atoms with Crippen molar-refractivity contribution < 1.29 is 4.79 Å². The molecule has 1 aliphatic heterocycles. The standard InChI is InChI=1S/C33H31N5O3S/c39-30-28(36-22-6-2-1-3-7-22)29(31(30)40)38-16-13-20-10-11-23(18-27(20)38)37-33(41)32-26(14-17-42-32)35-19-21-12-15-34-25-9-5-4-8-24(21)25/h4-5,8-12,14-15,17-18,22,35-36H,1-3,6-7,13,16,19H2,(H,37,41). The molecule has 9 heteroatoms. The average molecular weight is 578 g/mol. The molecular weight excluding hydrogens is 546 g/mol. The highest BCUT2D eigenvalue weighted by Gasteiger charge is 2.32. The molecule has 2 aliphatic rings. The second-order valence-corrected chi connectivity index (χ2v) is 12.0. The molecule has 0 unspecified atom stereocenters. The van der Waals surface area contributed by atoms with E-state index in [9.17, 15) is 14.4 Å². The number of carbonyl (C=O) groups excluding carboxylic acids is 1. The molecule has 1 saturated carbocycles. The zero-order valence-corrected chi connectivity index (χ0v) is 23.9. The number of thiophene rings is 1. The van der Waals surface area contributed by atoms with Crippen LogP contribution < -0.4 is 31.7 Å². The summed E-state index contributed by atoms with van der Waals surface area (Å²) in [6.07, 6.45) is 8.10. The summed E-state index contributed by atoms with van der Waals surface area (Å²) < 4.78 is 0. The van der Waals surface area contributed by atoms with Gasteiger partial charge in [0.15, 0.2) is 0 Å². The number of benzene rings is 2. The topological polar surface area (TPSA) is 103 Å². The third kappa shape index (κ3) is 4.83. The van der Waals surface area contributed by atoms with Crippen LogP contribution in [0.15, 0.2) is 75.8 Å². The predicted octanol–water partition coefficient (Wildman–Crippen LogP) is 6.20. The second-order valence-electron chi connectivity index (χ2n) is 11.1. The van der Waals surface area contributed by atoms with Crippen molar-refractivity contribution in [1.82, 2.24) is 4.98 Å². The van der Waals surface area contributed by atoms with Crippen molar-refractivity contribution in [3.8, 4) is 0 Å². The minimum absolute atomic E-state index is 0.203. The van der Waals surface area contributed by atoms with Crippen molar-refractivity contribution in [3.05, 3.63) is 103 Å². The highest BCUT2D eigenvalue weighted by Crippen LogP contribution is 2.39. The van der Waals surface area contributed by atoms with Gasteiger partial charge in [-0.05, 0) is 66.1 Å². The molecule has 0 bridgehead atoms. The maximum absolute atomic E-state index is 13.4. The minimum Gasteiger partial charge on any atom is -0.380 e. The smallest absolute Gasteiger partial charge is 0.267 e. The summed E-state index contributed by atoms with van der Waals surface area (Å²) in [5.74, 6) is -0.203. The molecule has 42 heavy (non-hydrogen) atoms. The summed E-state index contributed by atoms with van der Waals surface area (Å²) in [6.45, 7) is 1.19. The van der Waals surface area contributed by atoms with Gasteiger partial charge in [-0.25, -0.2) is 0 Å². The van der Waals surface area contributed by atoms with Crippen LogP contribution in [-0.2, 0) is 13.0 Å². The molecule has 1 amide bonds. The third-order valence-corrected chi connectivity index (χ3v) is 9.34. The Morgan fingerprint density at radius 3 is 2.74 bits per heavy atom. The maximum atomic E-state index is 13.4. The Bertz CT molecular complexity index is 1860. The molecule has 3 heterocycles. The van der Waals surface area contributed by atoms with Crippen LogP contribution >= 0.6 is 11.3 Å². The van der Waals surface area contributed by atoms with Gasteiger partial charge < -0.3 is 20.9 Å². The van der Waals surface area contributed by atoms with Crippen molar-refractivity contribution in [1.29, 1.82) is 0 Å². The first-order valence-corrected chi connectivity index (χ1v) is 15.4. The Balaban J connectivity index is 1.08. The van der Waals surface area contributed by atoms with E-state index in [1.54, 1.807) is 6.20 Å². The number of aromatic nitrogens is 1. The highest BCUT2D eigenvalue weighted by atomic mass is 32.1. The van der Waals surface area contributed by atoms with E-state index in [0.717, 1.165) is 65.5 Å². The van der Waals surface area contributed by atoms with Gasteiger partial charge >= 0.3 is 0 Å². The zero-order chi connectivity index (χ0) is 28.6. The number of nitrogens with zero attached hydrogens (tertiary/aromatic N) is 2. The molecule has 3 N–H and O–H groups in total. The minimum atomic E-state index is -0.438. The lowest BCUT2D eigenvalue weighted by Gasteiger charge is -2.29. The first-order chi connectivity index (χ1) is 20.6. The van der Waals surface area contributed by atoms with Crippen molar-refractivity contribution in [2.24, 2.45) is 0 Å². The van der Waals surface area contributed by atoms with Crippen molar-refractivity contribution in [3.63, 3.8) is 0 Å². The Kier molecular flexibility index (Phi) is 6.95. The lowest BCUT2D eigenvalue weighted by Crippen LogP contribution is -2.42. The number of amides is 1. The lowest BCUT2D eigenvalue weighted by atomic mass is 9.95. The van der Waals surface area contributed by atoms with Gasteiger partial charge in [0.1, 0.15) is 16.3 Å². The molecular formula is C33H31N5O3S. The second kappa shape index (κ2) is 11.1. The summed E-state index contributed by atoms with van der Waals surface area (Å²) in [4.78, 5) is 45.6. The molecule has 7 rings (SSSR count). The van der Waals surface area contributed by atoms with Crippen LogP contribution in [-0.4, -0.2) is 23.5 Å². The first-order valence-electron chi connectivity index (χ1n) is 14.5. The van der Waals surface area contributed by atoms with E-state index in [1.807, 2.05) is 58.8 Å². The summed E-state index contributed by atoms with van der Waals surface area (Å²) in [7, 11) is 0. The Labute approximate surface area is 247 Å². The molecule has 0 spiro atoms. The normalized spacial score (nSPS) is 15.2. The van der Waals surface area contributed by atoms with Crippen LogP contribution in [0, 0.1) is 0 Å². The van der Waals surface area contributed by atoms with Gasteiger partial charge in [0.05, 0.1) is 11.2 Å². The van der Waals surface area contributed by atoms with Crippen LogP contribution in [0.25, 0.3) is 10.9 Å². The molecule has 1 fully saturated rings. The third-order valence-electron chi connectivity index (χ3n) is 8.43. The summed E-state index contributed by atoms with van der Waals surface area (Å²) in [5, 5.41) is 12.8. The number of pyridine rings is 1. The Morgan fingerprint density at radius 2 is 1.86 bits per heavy atom. The lowest BCUT2D eigenvalue weighted by molar-refractivity contribution is 0.103. The van der Waals surface area contributed by atoms with E-state index in [1.165, 1.54) is 17.8 Å². The molecule has 3 aromatic carbocycles. The number of fused-ring (bicyclic) bond motifs is 2. The van der Waals surface area contributed by atoms with Gasteiger partial charge in [0.25, 0.3) is 16.8 Å². The number of rotatable bonds is 8. The van der Waals surface area contributed by atoms with Gasteiger partial charge in [-0.1, -0.05) is 43.5 Å². The van der Waals surface area contributed by atoms with Gasteiger partial charge in [-0.3, -0.25) is 19.4 Å². The molecule has 5 aromatic rings. The van der Waals surface area contributed by atoms with E-state index in [-0.39, 0.29) is 11.9 Å². The summed E-state index contributed by atoms with van der Waals surface area (Å²) in [5.41, 5.74) is 5.45. The highest BCUT2D eigenvalue weighted by molar-refractivity contribution is 7.12. The molecule has 0 radical (unpaired) electrons. The van der Waals surface area contributed by atoms with Crippen LogP contribution in [0.4, 0.5) is 28.4 Å². The number of anilines is 5. The van der Waals surface area contributed by atoms with E-state index in [2.05, 4.69) is 27.0 Å². The fourth-order valence-corrected chi connectivity index (χ4v) is 6.99. The predicted molar refractivity (Wildman–Crippen MR) is 170 cm³/mol. The number of carbonyl (C=O) groups is 1. The van der Waals surface area contributed by atoms with E-state index in [4.69, 9.17) is 0 Å². The SMILES string of the molecule is O=C(Nc1ccc2c(c1)N(c1c(NC3CCCCC3)c(=O)c1=O)CC2)c1sccc1NCc1ccnc2ccccc12. The quantitative estimate of drug-likeness (QED) is 0.189. The van der Waals surface area contributed by atoms with Crippen molar-refractivity contribution in [2.75, 3.05) is 27.4 Å². The Morgan fingerprint density at radius 1 is 1.00 bits per heavy atom. The van der Waals surface area contributed by atoms with Crippen molar-refractivity contribution in [2.45, 2.75) is 51.1 Å². The molecule has 2 aromatic heterocycles. The fourth-order valence-electron chi connectivity index (χ4n) is 6.22. The van der Waals surface area contributed by atoms with Crippen molar-refractivity contribution >= 4 is 56.6 Å². The first kappa shape index (κ1) is 26.4. The number of hydrogen-bond donors (Lipinski definition) is 3. The molecule has 1 aliphatic carbocycles. The van der Waals surface area contributed by atoms with Crippen LogP contribution in [0.2, 0.25) is 0 Å². The fraction of sp³-hybridized carbons (Fsp3) is 0.273. The maximum Gasteiger partial charge on any atom is 0.267 e. The van der Waals surface area contributed by atoms with Gasteiger partial charge in [0, 0.05) is 42.1 Å². The van der Waals surface area contributed by atoms with Crippen LogP contribution in [0.5, 0.6) is 0 Å².